The van der Waals surface area contributed by atoms with Crippen LogP contribution in [0, 0.1) is 22.2 Å². The van der Waals surface area contributed by atoms with Crippen molar-refractivity contribution in [2.24, 2.45) is 10.8 Å². The molecule has 0 aliphatic heterocycles. The molecular weight excluding hydrogens is 224 g/mol. The number of nitrogens with zero attached hydrogens (tertiary/aromatic N) is 3. The molecule has 98 valence electrons. The molecule has 0 spiro atoms. The van der Waals surface area contributed by atoms with Crippen molar-refractivity contribution >= 4 is 5.82 Å². The summed E-state index contributed by atoms with van der Waals surface area (Å²) in [7, 11) is 0. The summed E-state index contributed by atoms with van der Waals surface area (Å²) in [6, 6.07) is 2.38. The van der Waals surface area contributed by atoms with Crippen molar-refractivity contribution < 1.29 is 0 Å². The predicted octanol–water partition coefficient (Wildman–Crippen LogP) is 3.11. The highest BCUT2D eigenvalue weighted by Gasteiger charge is 2.40. The predicted molar refractivity (Wildman–Crippen MR) is 71.8 cm³/mol. The Balaban J connectivity index is 2.33. The molecule has 0 saturated heterocycles. The van der Waals surface area contributed by atoms with Gasteiger partial charge in [-0.25, -0.2) is 4.68 Å². The maximum atomic E-state index is 8.95. The molecule has 0 amide bonds. The van der Waals surface area contributed by atoms with Crippen LogP contribution in [0.2, 0.25) is 0 Å². The summed E-state index contributed by atoms with van der Waals surface area (Å²) in [4.78, 5) is 0. The highest BCUT2D eigenvalue weighted by Crippen LogP contribution is 2.50. The largest absolute Gasteiger partial charge is 0.383 e. The molecule has 0 radical (unpaired) electrons. The van der Waals surface area contributed by atoms with Gasteiger partial charge < -0.3 is 5.73 Å². The van der Waals surface area contributed by atoms with Crippen LogP contribution in [0.5, 0.6) is 0 Å². The summed E-state index contributed by atoms with van der Waals surface area (Å²) in [6.07, 6.45) is 4.91. The van der Waals surface area contributed by atoms with Gasteiger partial charge in [-0.2, -0.15) is 10.4 Å². The van der Waals surface area contributed by atoms with Gasteiger partial charge in [-0.05, 0) is 30.1 Å². The molecule has 1 fully saturated rings. The molecule has 4 nitrogen and oxygen atoms in total. The van der Waals surface area contributed by atoms with E-state index < -0.39 is 0 Å². The quantitative estimate of drug-likeness (QED) is 0.827. The van der Waals surface area contributed by atoms with Gasteiger partial charge in [0.05, 0.1) is 12.2 Å². The number of aromatic nitrogens is 2. The first-order chi connectivity index (χ1) is 8.24. The number of nitriles is 1. The fourth-order valence-electron chi connectivity index (χ4n) is 3.71. The summed E-state index contributed by atoms with van der Waals surface area (Å²) in [6.45, 7) is 9.19. The molecule has 0 atom stereocenters. The van der Waals surface area contributed by atoms with Crippen LogP contribution in [0.1, 0.15) is 58.6 Å². The van der Waals surface area contributed by atoms with E-state index in [1.807, 2.05) is 4.68 Å². The third-order valence-electron chi connectivity index (χ3n) is 3.83. The van der Waals surface area contributed by atoms with Crippen LogP contribution >= 0.6 is 0 Å². The Morgan fingerprint density at radius 1 is 1.33 bits per heavy atom. The van der Waals surface area contributed by atoms with Crippen LogP contribution in [0.4, 0.5) is 5.82 Å². The van der Waals surface area contributed by atoms with Crippen LogP contribution in [0.25, 0.3) is 0 Å². The number of nitrogen functional groups attached to an aromatic ring is 1. The lowest BCUT2D eigenvalue weighted by Crippen LogP contribution is -2.35. The van der Waals surface area contributed by atoms with Crippen molar-refractivity contribution in [1.29, 1.82) is 5.26 Å². The van der Waals surface area contributed by atoms with Gasteiger partial charge >= 0.3 is 0 Å². The average molecular weight is 246 g/mol. The summed E-state index contributed by atoms with van der Waals surface area (Å²) in [5, 5.41) is 13.3. The molecule has 1 aliphatic carbocycles. The second-order valence-corrected chi connectivity index (χ2v) is 7.07. The molecule has 1 heterocycles. The molecule has 0 aromatic carbocycles. The van der Waals surface area contributed by atoms with Crippen molar-refractivity contribution in [2.75, 3.05) is 5.73 Å². The van der Waals surface area contributed by atoms with E-state index in [-0.39, 0.29) is 10.8 Å². The lowest BCUT2D eigenvalue weighted by Gasteiger charge is -2.45. The normalized spacial score (nSPS) is 22.6. The van der Waals surface area contributed by atoms with E-state index in [1.165, 1.54) is 6.42 Å². The number of nitrogens with two attached hydrogens (primary N) is 1. The minimum atomic E-state index is 0.289. The Morgan fingerprint density at radius 3 is 2.33 bits per heavy atom. The molecule has 18 heavy (non-hydrogen) atoms. The average Bonchev–Trinajstić information content (AvgIpc) is 2.54. The smallest absolute Gasteiger partial charge is 0.140 e. The molecule has 1 aromatic heterocycles. The SMILES string of the molecule is CC1(C)CC(n2ncc(C#N)c2N)CC(C)(C)C1. The first kappa shape index (κ1) is 12.9. The molecule has 0 unspecified atom stereocenters. The highest BCUT2D eigenvalue weighted by atomic mass is 15.3. The number of anilines is 1. The lowest BCUT2D eigenvalue weighted by atomic mass is 9.63. The molecule has 1 aliphatic rings. The maximum Gasteiger partial charge on any atom is 0.140 e. The van der Waals surface area contributed by atoms with Crippen LogP contribution in [0.15, 0.2) is 6.20 Å². The van der Waals surface area contributed by atoms with Crippen LogP contribution in [-0.4, -0.2) is 9.78 Å². The van der Waals surface area contributed by atoms with Gasteiger partial charge in [0.2, 0.25) is 0 Å². The standard InChI is InChI=1S/C14H22N4/c1-13(2)5-11(6-14(3,4)9-13)18-12(16)10(7-15)8-17-18/h8,11H,5-6,9,16H2,1-4H3. The fraction of sp³-hybridized carbons (Fsp3) is 0.714. The Bertz CT molecular complexity index is 474. The van der Waals surface area contributed by atoms with Crippen molar-refractivity contribution in [1.82, 2.24) is 9.78 Å². The Labute approximate surface area is 109 Å². The molecule has 4 heteroatoms. The van der Waals surface area contributed by atoms with E-state index in [4.69, 9.17) is 11.0 Å². The molecule has 1 saturated carbocycles. The minimum Gasteiger partial charge on any atom is -0.383 e. The van der Waals surface area contributed by atoms with E-state index in [1.54, 1.807) is 6.20 Å². The molecule has 0 bridgehead atoms. The number of hydrogen-bond acceptors (Lipinski definition) is 3. The first-order valence-corrected chi connectivity index (χ1v) is 6.47. The van der Waals surface area contributed by atoms with Crippen LogP contribution in [-0.2, 0) is 0 Å². The maximum absolute atomic E-state index is 8.95. The summed E-state index contributed by atoms with van der Waals surface area (Å²) < 4.78 is 1.85. The lowest BCUT2D eigenvalue weighted by molar-refractivity contribution is 0.0682. The van der Waals surface area contributed by atoms with Gasteiger partial charge in [0.15, 0.2) is 0 Å². The van der Waals surface area contributed by atoms with E-state index in [0.29, 0.717) is 17.4 Å². The van der Waals surface area contributed by atoms with Crippen molar-refractivity contribution in [3.8, 4) is 6.07 Å². The van der Waals surface area contributed by atoms with Gasteiger partial charge in [0.1, 0.15) is 17.5 Å². The second kappa shape index (κ2) is 4.01. The fourth-order valence-corrected chi connectivity index (χ4v) is 3.71. The van der Waals surface area contributed by atoms with E-state index in [2.05, 4.69) is 38.9 Å². The summed E-state index contributed by atoms with van der Waals surface area (Å²) in [5.41, 5.74) is 7.06. The topological polar surface area (TPSA) is 67.6 Å². The van der Waals surface area contributed by atoms with Crippen molar-refractivity contribution in [2.45, 2.75) is 53.0 Å². The third kappa shape index (κ3) is 2.35. The molecule has 2 N–H and O–H groups in total. The van der Waals surface area contributed by atoms with Gasteiger partial charge in [0.25, 0.3) is 0 Å². The minimum absolute atomic E-state index is 0.289. The van der Waals surface area contributed by atoms with Crippen molar-refractivity contribution in [3.63, 3.8) is 0 Å². The van der Waals surface area contributed by atoms with Gasteiger partial charge in [0, 0.05) is 0 Å². The molecule has 1 aromatic rings. The zero-order valence-electron chi connectivity index (χ0n) is 11.7. The van der Waals surface area contributed by atoms with Crippen LogP contribution in [0.3, 0.4) is 0 Å². The van der Waals surface area contributed by atoms with E-state index in [9.17, 15) is 0 Å². The van der Waals surface area contributed by atoms with E-state index in [0.717, 1.165) is 12.8 Å². The van der Waals surface area contributed by atoms with Crippen LogP contribution < -0.4 is 5.73 Å². The summed E-state index contributed by atoms with van der Waals surface area (Å²) >= 11 is 0. The van der Waals surface area contributed by atoms with Crippen molar-refractivity contribution in [3.05, 3.63) is 11.8 Å². The second-order valence-electron chi connectivity index (χ2n) is 7.07. The first-order valence-electron chi connectivity index (χ1n) is 6.47. The monoisotopic (exact) mass is 246 g/mol. The molecular formula is C14H22N4. The Hall–Kier alpha value is -1.50. The van der Waals surface area contributed by atoms with Gasteiger partial charge in [-0.15, -0.1) is 0 Å². The highest BCUT2D eigenvalue weighted by molar-refractivity contribution is 5.47. The number of rotatable bonds is 1. The Kier molecular flexibility index (Phi) is 2.89. The number of hydrogen-bond donors (Lipinski definition) is 1. The third-order valence-corrected chi connectivity index (χ3v) is 3.83. The van der Waals surface area contributed by atoms with Gasteiger partial charge in [-0.3, -0.25) is 0 Å². The van der Waals surface area contributed by atoms with E-state index >= 15 is 0 Å². The van der Waals surface area contributed by atoms with Gasteiger partial charge in [-0.1, -0.05) is 27.7 Å². The summed E-state index contributed by atoms with van der Waals surface area (Å²) in [5.74, 6) is 0.510. The molecule has 2 rings (SSSR count). The zero-order chi connectivity index (χ0) is 13.6. The Morgan fingerprint density at radius 2 is 1.89 bits per heavy atom. The zero-order valence-corrected chi connectivity index (χ0v) is 11.7.